The first-order chi connectivity index (χ1) is 14.9. The topological polar surface area (TPSA) is 51.6 Å². The van der Waals surface area contributed by atoms with Gasteiger partial charge in [-0.3, -0.25) is 9.97 Å². The lowest BCUT2D eigenvalue weighted by atomic mass is 10.0. The summed E-state index contributed by atoms with van der Waals surface area (Å²) in [7, 11) is 0. The maximum atomic E-state index is 5.10. The molecular weight excluding hydrogens is 368 g/mol. The van der Waals surface area contributed by atoms with E-state index in [1.54, 1.807) is 12.4 Å². The predicted molar refractivity (Wildman–Crippen MR) is 119 cm³/mol. The third kappa shape index (κ3) is 3.47. The van der Waals surface area contributed by atoms with Gasteiger partial charge in [0.15, 0.2) is 0 Å². The smallest absolute Gasteiger partial charge is 0.117 e. The Balaban J connectivity index is 1.85. The lowest BCUT2D eigenvalue weighted by molar-refractivity contribution is 1.16. The molecular formula is C26H18N4. The molecule has 5 aromatic rings. The van der Waals surface area contributed by atoms with Crippen molar-refractivity contribution in [3.63, 3.8) is 0 Å². The van der Waals surface area contributed by atoms with E-state index in [4.69, 9.17) is 9.97 Å². The number of benzene rings is 2. The summed E-state index contributed by atoms with van der Waals surface area (Å²) in [6, 6.07) is 31.9. The van der Waals surface area contributed by atoms with Crippen molar-refractivity contribution in [2.45, 2.75) is 0 Å². The van der Waals surface area contributed by atoms with Crippen molar-refractivity contribution in [3.8, 4) is 45.3 Å². The minimum Gasteiger partial charge on any atom is -0.255 e. The van der Waals surface area contributed by atoms with Gasteiger partial charge in [-0.25, -0.2) is 9.97 Å². The molecule has 30 heavy (non-hydrogen) atoms. The van der Waals surface area contributed by atoms with Crippen LogP contribution in [0.25, 0.3) is 45.3 Å². The van der Waals surface area contributed by atoms with Crippen LogP contribution in [0.5, 0.6) is 0 Å². The minimum atomic E-state index is 0.716. The van der Waals surface area contributed by atoms with Gasteiger partial charge in [-0.1, -0.05) is 72.8 Å². The molecule has 0 aliphatic carbocycles. The van der Waals surface area contributed by atoms with Gasteiger partial charge in [0, 0.05) is 23.5 Å². The zero-order valence-electron chi connectivity index (χ0n) is 16.2. The third-order valence-corrected chi connectivity index (χ3v) is 4.81. The molecule has 0 N–H and O–H groups in total. The molecule has 0 aliphatic rings. The Morgan fingerprint density at radius 1 is 0.367 bits per heavy atom. The number of rotatable bonds is 4. The fraction of sp³-hybridized carbons (Fsp3) is 0. The number of hydrogen-bond donors (Lipinski definition) is 0. The highest BCUT2D eigenvalue weighted by Crippen LogP contribution is 2.35. The maximum Gasteiger partial charge on any atom is 0.117 e. The average molecular weight is 386 g/mol. The molecule has 0 saturated carbocycles. The summed E-state index contributed by atoms with van der Waals surface area (Å²) in [5.74, 6) is 0. The Labute approximate surface area is 175 Å². The highest BCUT2D eigenvalue weighted by molar-refractivity contribution is 5.84. The molecule has 0 atom stereocenters. The predicted octanol–water partition coefficient (Wildman–Crippen LogP) is 5.93. The van der Waals surface area contributed by atoms with E-state index < -0.39 is 0 Å². The highest BCUT2D eigenvalue weighted by atomic mass is 14.9. The van der Waals surface area contributed by atoms with Crippen LogP contribution in [0, 0.1) is 0 Å². The molecule has 0 unspecified atom stereocenters. The average Bonchev–Trinajstić information content (AvgIpc) is 2.85. The molecule has 3 aromatic heterocycles. The largest absolute Gasteiger partial charge is 0.255 e. The van der Waals surface area contributed by atoms with Crippen LogP contribution in [-0.4, -0.2) is 19.9 Å². The van der Waals surface area contributed by atoms with Gasteiger partial charge in [0.1, 0.15) is 11.4 Å². The van der Waals surface area contributed by atoms with E-state index >= 15 is 0 Å². The molecule has 4 heteroatoms. The van der Waals surface area contributed by atoms with E-state index in [0.717, 1.165) is 33.9 Å². The van der Waals surface area contributed by atoms with Gasteiger partial charge in [-0.05, 0) is 24.3 Å². The Kier molecular flexibility index (Phi) is 4.80. The molecule has 3 heterocycles. The molecule has 4 nitrogen and oxygen atoms in total. The molecule has 0 saturated heterocycles. The number of hydrogen-bond acceptors (Lipinski definition) is 4. The van der Waals surface area contributed by atoms with E-state index in [1.165, 1.54) is 0 Å². The van der Waals surface area contributed by atoms with Gasteiger partial charge < -0.3 is 0 Å². The van der Waals surface area contributed by atoms with Gasteiger partial charge in [0.05, 0.1) is 22.8 Å². The van der Waals surface area contributed by atoms with E-state index in [0.29, 0.717) is 11.4 Å². The van der Waals surface area contributed by atoms with Crippen molar-refractivity contribution >= 4 is 0 Å². The van der Waals surface area contributed by atoms with Gasteiger partial charge >= 0.3 is 0 Å². The second-order valence-corrected chi connectivity index (χ2v) is 6.78. The zero-order chi connectivity index (χ0) is 20.2. The molecule has 0 spiro atoms. The quantitative estimate of drug-likeness (QED) is 0.384. The molecule has 2 aromatic carbocycles. The summed E-state index contributed by atoms with van der Waals surface area (Å²) in [6.45, 7) is 0. The van der Waals surface area contributed by atoms with Crippen LogP contribution in [0.4, 0.5) is 0 Å². The van der Waals surface area contributed by atoms with E-state index in [1.807, 2.05) is 72.8 Å². The molecule has 0 aliphatic heterocycles. The monoisotopic (exact) mass is 386 g/mol. The second kappa shape index (κ2) is 8.05. The summed E-state index contributed by atoms with van der Waals surface area (Å²) >= 11 is 0. The lowest BCUT2D eigenvalue weighted by Crippen LogP contribution is -2.02. The van der Waals surface area contributed by atoms with Crippen molar-refractivity contribution in [2.75, 3.05) is 0 Å². The standard InChI is InChI=1S/C26H18N4/c1-3-11-19(12-4-1)23-24(20-13-5-2-6-14-20)30-26(22-16-8-10-18-28-22)25(29-23)21-15-7-9-17-27-21/h1-18H. The van der Waals surface area contributed by atoms with Crippen LogP contribution >= 0.6 is 0 Å². The molecule has 142 valence electrons. The van der Waals surface area contributed by atoms with E-state index in [2.05, 4.69) is 34.2 Å². The fourth-order valence-electron chi connectivity index (χ4n) is 3.39. The Bertz CT molecular complexity index is 1060. The molecule has 0 amide bonds. The van der Waals surface area contributed by atoms with Gasteiger partial charge in [0.2, 0.25) is 0 Å². The third-order valence-electron chi connectivity index (χ3n) is 4.81. The van der Waals surface area contributed by atoms with Crippen molar-refractivity contribution in [3.05, 3.63) is 109 Å². The highest BCUT2D eigenvalue weighted by Gasteiger charge is 2.20. The zero-order valence-corrected chi connectivity index (χ0v) is 16.2. The van der Waals surface area contributed by atoms with Gasteiger partial charge in [-0.15, -0.1) is 0 Å². The first-order valence-electron chi connectivity index (χ1n) is 9.76. The normalized spacial score (nSPS) is 10.7. The molecule has 0 bridgehead atoms. The molecule has 5 rings (SSSR count). The van der Waals surface area contributed by atoms with Crippen LogP contribution in [0.3, 0.4) is 0 Å². The second-order valence-electron chi connectivity index (χ2n) is 6.78. The Morgan fingerprint density at radius 2 is 0.767 bits per heavy atom. The lowest BCUT2D eigenvalue weighted by Gasteiger charge is -2.15. The summed E-state index contributed by atoms with van der Waals surface area (Å²) < 4.78 is 0. The first-order valence-corrected chi connectivity index (χ1v) is 9.76. The van der Waals surface area contributed by atoms with Crippen molar-refractivity contribution in [1.82, 2.24) is 19.9 Å². The van der Waals surface area contributed by atoms with E-state index in [9.17, 15) is 0 Å². The Hall–Kier alpha value is -4.18. The van der Waals surface area contributed by atoms with Gasteiger partial charge in [-0.2, -0.15) is 0 Å². The van der Waals surface area contributed by atoms with Crippen LogP contribution < -0.4 is 0 Å². The van der Waals surface area contributed by atoms with Crippen LogP contribution in [0.1, 0.15) is 0 Å². The SMILES string of the molecule is c1ccc(-c2nc(-c3ccccn3)c(-c3ccccn3)nc2-c2ccccc2)cc1. The summed E-state index contributed by atoms with van der Waals surface area (Å²) in [6.07, 6.45) is 3.54. The number of aromatic nitrogens is 4. The van der Waals surface area contributed by atoms with Crippen LogP contribution in [0.15, 0.2) is 109 Å². The van der Waals surface area contributed by atoms with Crippen molar-refractivity contribution in [2.24, 2.45) is 0 Å². The minimum absolute atomic E-state index is 0.716. The Morgan fingerprint density at radius 3 is 1.13 bits per heavy atom. The molecule has 0 fully saturated rings. The van der Waals surface area contributed by atoms with E-state index in [-0.39, 0.29) is 0 Å². The summed E-state index contributed by atoms with van der Waals surface area (Å²) in [4.78, 5) is 19.3. The van der Waals surface area contributed by atoms with Crippen molar-refractivity contribution in [1.29, 1.82) is 0 Å². The maximum absolute atomic E-state index is 5.10. The van der Waals surface area contributed by atoms with Gasteiger partial charge in [0.25, 0.3) is 0 Å². The number of pyridine rings is 2. The molecule has 0 radical (unpaired) electrons. The first kappa shape index (κ1) is 17.9. The summed E-state index contributed by atoms with van der Waals surface area (Å²) in [5.41, 5.74) is 6.62. The fourth-order valence-corrected chi connectivity index (χ4v) is 3.39. The van der Waals surface area contributed by atoms with Crippen LogP contribution in [-0.2, 0) is 0 Å². The van der Waals surface area contributed by atoms with Crippen molar-refractivity contribution < 1.29 is 0 Å². The number of nitrogens with zero attached hydrogens (tertiary/aromatic N) is 4. The summed E-state index contributed by atoms with van der Waals surface area (Å²) in [5, 5.41) is 0. The van der Waals surface area contributed by atoms with Crippen LogP contribution in [0.2, 0.25) is 0 Å².